The predicted octanol–water partition coefficient (Wildman–Crippen LogP) is 3.58. The zero-order valence-electron chi connectivity index (χ0n) is 18.8. The summed E-state index contributed by atoms with van der Waals surface area (Å²) in [5.74, 6) is 0.0872. The summed E-state index contributed by atoms with van der Waals surface area (Å²) >= 11 is 1.41. The third-order valence-corrected chi connectivity index (χ3v) is 6.73. The van der Waals surface area contributed by atoms with Crippen molar-refractivity contribution in [1.82, 2.24) is 9.80 Å². The lowest BCUT2D eigenvalue weighted by molar-refractivity contribution is -0.136. The monoisotopic (exact) mass is 455 g/mol. The van der Waals surface area contributed by atoms with Gasteiger partial charge in [-0.1, -0.05) is 25.5 Å². The smallest absolute Gasteiger partial charge is 0.348 e. The Bertz CT molecular complexity index is 972. The summed E-state index contributed by atoms with van der Waals surface area (Å²) in [6.07, 6.45) is 1.95. The highest BCUT2D eigenvalue weighted by Gasteiger charge is 2.27. The van der Waals surface area contributed by atoms with Gasteiger partial charge in [0.2, 0.25) is 0 Å². The lowest BCUT2D eigenvalue weighted by Gasteiger charge is -2.36. The molecule has 8 heteroatoms. The van der Waals surface area contributed by atoms with E-state index in [1.54, 1.807) is 12.0 Å². The van der Waals surface area contributed by atoms with Crippen molar-refractivity contribution in [2.75, 3.05) is 39.9 Å². The Hall–Kier alpha value is -2.89. The minimum Gasteiger partial charge on any atom is -0.497 e. The number of carbonyl (C=O) groups is 2. The number of amides is 1. The topological polar surface area (TPSA) is 82.9 Å². The van der Waals surface area contributed by atoms with Gasteiger partial charge >= 0.3 is 5.97 Å². The van der Waals surface area contributed by atoms with E-state index in [0.29, 0.717) is 31.1 Å². The molecule has 1 fully saturated rings. The van der Waals surface area contributed by atoms with E-state index in [2.05, 4.69) is 17.9 Å². The van der Waals surface area contributed by atoms with Gasteiger partial charge in [-0.25, -0.2) is 4.79 Å². The van der Waals surface area contributed by atoms with Crippen LogP contribution in [0, 0.1) is 18.3 Å². The lowest BCUT2D eigenvalue weighted by atomic mass is 10.1. The first-order valence-electron chi connectivity index (χ1n) is 10.8. The number of thiophene rings is 1. The van der Waals surface area contributed by atoms with Crippen LogP contribution in [0.5, 0.6) is 5.75 Å². The molecule has 1 aliphatic heterocycles. The largest absolute Gasteiger partial charge is 0.497 e. The van der Waals surface area contributed by atoms with Gasteiger partial charge in [0.05, 0.1) is 13.2 Å². The number of carbonyl (C=O) groups excluding carboxylic acids is 2. The van der Waals surface area contributed by atoms with Gasteiger partial charge in [0, 0.05) is 31.1 Å². The van der Waals surface area contributed by atoms with Gasteiger partial charge in [0.25, 0.3) is 5.91 Å². The van der Waals surface area contributed by atoms with Crippen LogP contribution in [0.4, 0.5) is 0 Å². The zero-order chi connectivity index (χ0) is 23.1. The van der Waals surface area contributed by atoms with Crippen LogP contribution in [0.25, 0.3) is 0 Å². The molecule has 170 valence electrons. The zero-order valence-corrected chi connectivity index (χ0v) is 19.6. The Morgan fingerprint density at radius 2 is 1.88 bits per heavy atom. The van der Waals surface area contributed by atoms with Crippen LogP contribution in [-0.2, 0) is 16.0 Å². The second-order valence-electron chi connectivity index (χ2n) is 7.74. The van der Waals surface area contributed by atoms with Crippen LogP contribution in [0.15, 0.2) is 30.3 Å². The molecule has 32 heavy (non-hydrogen) atoms. The van der Waals surface area contributed by atoms with Gasteiger partial charge in [-0.2, -0.15) is 5.26 Å². The number of aryl methyl sites for hydroxylation is 2. The van der Waals surface area contributed by atoms with E-state index in [0.717, 1.165) is 34.6 Å². The summed E-state index contributed by atoms with van der Waals surface area (Å²) in [7, 11) is 1.61. The Kier molecular flexibility index (Phi) is 8.26. The highest BCUT2D eigenvalue weighted by atomic mass is 32.1. The molecule has 2 aromatic rings. The molecule has 1 amide bonds. The van der Waals surface area contributed by atoms with Crippen LogP contribution in [0.2, 0.25) is 0 Å². The summed E-state index contributed by atoms with van der Waals surface area (Å²) < 4.78 is 10.5. The SMILES string of the molecule is CCCc1cc(C(=O)OCC(=O)N2CCN([C@@H](C#N)c3ccc(OC)cc3)CC2)sc1C. The summed E-state index contributed by atoms with van der Waals surface area (Å²) in [5, 5.41) is 9.68. The number of nitrogens with zero attached hydrogens (tertiary/aromatic N) is 3. The maximum absolute atomic E-state index is 12.5. The Morgan fingerprint density at radius 1 is 1.19 bits per heavy atom. The minimum atomic E-state index is -0.448. The first-order valence-corrected chi connectivity index (χ1v) is 11.6. The van der Waals surface area contributed by atoms with E-state index in [9.17, 15) is 14.9 Å². The Labute approximate surface area is 193 Å². The molecule has 0 radical (unpaired) electrons. The average Bonchev–Trinajstić information content (AvgIpc) is 3.19. The van der Waals surface area contributed by atoms with Crippen molar-refractivity contribution in [3.8, 4) is 11.8 Å². The second kappa shape index (κ2) is 11.1. The fourth-order valence-corrected chi connectivity index (χ4v) is 4.78. The van der Waals surface area contributed by atoms with Gasteiger partial charge in [0.1, 0.15) is 16.7 Å². The second-order valence-corrected chi connectivity index (χ2v) is 9.00. The van der Waals surface area contributed by atoms with Crippen molar-refractivity contribution >= 4 is 23.2 Å². The van der Waals surface area contributed by atoms with Crippen molar-refractivity contribution in [1.29, 1.82) is 5.26 Å². The normalized spacial score (nSPS) is 15.1. The maximum Gasteiger partial charge on any atom is 0.348 e. The lowest BCUT2D eigenvalue weighted by Crippen LogP contribution is -2.50. The van der Waals surface area contributed by atoms with Crippen LogP contribution >= 0.6 is 11.3 Å². The third-order valence-electron chi connectivity index (χ3n) is 5.65. The number of rotatable bonds is 8. The molecule has 3 rings (SSSR count). The number of piperazine rings is 1. The fraction of sp³-hybridized carbons (Fsp3) is 0.458. The fourth-order valence-electron chi connectivity index (χ4n) is 3.81. The highest BCUT2D eigenvalue weighted by molar-refractivity contribution is 7.14. The standard InChI is InChI=1S/C24H29N3O4S/c1-4-5-19-14-22(32-17(19)2)24(29)31-16-23(28)27-12-10-26(11-13-27)21(15-25)18-6-8-20(30-3)9-7-18/h6-9,14,21H,4-5,10-13,16H2,1-3H3/t21-/m0/s1. The Balaban J connectivity index is 1.50. The van der Waals surface area contributed by atoms with Gasteiger partial charge in [-0.15, -0.1) is 11.3 Å². The number of hydrogen-bond donors (Lipinski definition) is 0. The van der Waals surface area contributed by atoms with Crippen molar-refractivity contribution in [3.63, 3.8) is 0 Å². The van der Waals surface area contributed by atoms with E-state index in [-0.39, 0.29) is 18.6 Å². The molecule has 0 spiro atoms. The number of benzene rings is 1. The van der Waals surface area contributed by atoms with Gasteiger partial charge < -0.3 is 14.4 Å². The molecule has 0 saturated carbocycles. The van der Waals surface area contributed by atoms with E-state index >= 15 is 0 Å². The number of ether oxygens (including phenoxy) is 2. The molecule has 0 N–H and O–H groups in total. The summed E-state index contributed by atoms with van der Waals surface area (Å²) in [5.41, 5.74) is 2.06. The maximum atomic E-state index is 12.5. The molecule has 1 aromatic heterocycles. The van der Waals surface area contributed by atoms with Crippen LogP contribution in [-0.4, -0.2) is 61.6 Å². The molecular formula is C24H29N3O4S. The van der Waals surface area contributed by atoms with Crippen LogP contribution < -0.4 is 4.74 Å². The third kappa shape index (κ3) is 5.67. The minimum absolute atomic E-state index is 0.210. The molecule has 1 saturated heterocycles. The number of esters is 1. The Morgan fingerprint density at radius 3 is 2.47 bits per heavy atom. The first-order chi connectivity index (χ1) is 15.5. The number of methoxy groups -OCH3 is 1. The molecule has 1 aromatic carbocycles. The van der Waals surface area contributed by atoms with E-state index in [1.807, 2.05) is 37.3 Å². The van der Waals surface area contributed by atoms with Crippen LogP contribution in [0.1, 0.15) is 45.1 Å². The number of hydrogen-bond acceptors (Lipinski definition) is 7. The van der Waals surface area contributed by atoms with Crippen molar-refractivity contribution < 1.29 is 19.1 Å². The first kappa shape index (κ1) is 23.8. The molecule has 0 bridgehead atoms. The van der Waals surface area contributed by atoms with E-state index in [4.69, 9.17) is 9.47 Å². The summed E-state index contributed by atoms with van der Waals surface area (Å²) in [4.78, 5) is 30.3. The van der Waals surface area contributed by atoms with Gasteiger partial charge in [-0.05, 0) is 42.7 Å². The highest BCUT2D eigenvalue weighted by Crippen LogP contribution is 2.25. The predicted molar refractivity (Wildman–Crippen MR) is 123 cm³/mol. The quantitative estimate of drug-likeness (QED) is 0.566. The van der Waals surface area contributed by atoms with Crippen molar-refractivity contribution in [2.45, 2.75) is 32.7 Å². The molecular weight excluding hydrogens is 426 g/mol. The molecule has 0 aliphatic carbocycles. The van der Waals surface area contributed by atoms with Crippen LogP contribution in [0.3, 0.4) is 0 Å². The van der Waals surface area contributed by atoms with Crippen molar-refractivity contribution in [2.24, 2.45) is 0 Å². The summed E-state index contributed by atoms with van der Waals surface area (Å²) in [6.45, 7) is 5.97. The average molecular weight is 456 g/mol. The van der Waals surface area contributed by atoms with Gasteiger partial charge in [-0.3, -0.25) is 9.69 Å². The van der Waals surface area contributed by atoms with E-state index < -0.39 is 5.97 Å². The molecule has 1 aliphatic rings. The van der Waals surface area contributed by atoms with Crippen molar-refractivity contribution in [3.05, 3.63) is 51.2 Å². The number of nitriles is 1. The summed E-state index contributed by atoms with van der Waals surface area (Å²) in [6, 6.07) is 11.3. The van der Waals surface area contributed by atoms with E-state index in [1.165, 1.54) is 11.3 Å². The molecule has 2 heterocycles. The molecule has 0 unspecified atom stereocenters. The molecule has 1 atom stereocenters. The molecule has 7 nitrogen and oxygen atoms in total. The van der Waals surface area contributed by atoms with Gasteiger partial charge in [0.15, 0.2) is 6.61 Å².